The van der Waals surface area contributed by atoms with E-state index >= 15 is 0 Å². The predicted octanol–water partition coefficient (Wildman–Crippen LogP) is 5.33. The van der Waals surface area contributed by atoms with Crippen molar-refractivity contribution in [3.05, 3.63) is 58.6 Å². The Labute approximate surface area is 132 Å². The van der Waals surface area contributed by atoms with Crippen LogP contribution in [0.2, 0.25) is 5.02 Å². The minimum absolute atomic E-state index is 0.116. The van der Waals surface area contributed by atoms with Crippen LogP contribution in [-0.4, -0.2) is 5.54 Å². The van der Waals surface area contributed by atoms with Gasteiger partial charge in [-0.3, -0.25) is 0 Å². The Kier molecular flexibility index (Phi) is 4.92. The summed E-state index contributed by atoms with van der Waals surface area (Å²) in [5.74, 6) is 1.63. The first kappa shape index (κ1) is 15.9. The fourth-order valence-corrected chi connectivity index (χ4v) is 2.06. The van der Waals surface area contributed by atoms with Crippen LogP contribution >= 0.6 is 11.6 Å². The lowest BCUT2D eigenvalue weighted by molar-refractivity contribution is 0.423. The van der Waals surface area contributed by atoms with Crippen LogP contribution in [0.5, 0.6) is 11.5 Å². The van der Waals surface area contributed by atoms with Gasteiger partial charge in [0.15, 0.2) is 0 Å². The highest BCUT2D eigenvalue weighted by molar-refractivity contribution is 6.30. The van der Waals surface area contributed by atoms with Gasteiger partial charge in [0.1, 0.15) is 11.5 Å². The molecule has 1 N–H and O–H groups in total. The summed E-state index contributed by atoms with van der Waals surface area (Å²) in [4.78, 5) is 0. The fourth-order valence-electron chi connectivity index (χ4n) is 1.93. The number of hydrogen-bond donors (Lipinski definition) is 1. The lowest BCUT2D eigenvalue weighted by Crippen LogP contribution is -2.35. The van der Waals surface area contributed by atoms with Gasteiger partial charge in [-0.05, 0) is 75.2 Å². The first-order valence-corrected chi connectivity index (χ1v) is 7.49. The number of rotatable bonds is 4. The molecule has 3 heteroatoms. The Hall–Kier alpha value is -1.51. The zero-order chi connectivity index (χ0) is 15.5. The van der Waals surface area contributed by atoms with Gasteiger partial charge in [0.2, 0.25) is 0 Å². The molecule has 0 radical (unpaired) electrons. The Balaban J connectivity index is 2.06. The second-order valence-corrected chi connectivity index (χ2v) is 6.68. The van der Waals surface area contributed by atoms with Crippen molar-refractivity contribution in [2.75, 3.05) is 0 Å². The molecule has 0 heterocycles. The lowest BCUT2D eigenvalue weighted by atomic mass is 10.1. The van der Waals surface area contributed by atoms with Crippen LogP contribution in [0.4, 0.5) is 0 Å². The van der Waals surface area contributed by atoms with Gasteiger partial charge < -0.3 is 10.1 Å². The van der Waals surface area contributed by atoms with E-state index in [2.05, 4.69) is 45.1 Å². The second-order valence-electron chi connectivity index (χ2n) is 6.25. The number of halogens is 1. The van der Waals surface area contributed by atoms with E-state index in [1.54, 1.807) is 0 Å². The van der Waals surface area contributed by atoms with Gasteiger partial charge in [-0.2, -0.15) is 0 Å². The topological polar surface area (TPSA) is 21.3 Å². The Morgan fingerprint density at radius 1 is 1.00 bits per heavy atom. The predicted molar refractivity (Wildman–Crippen MR) is 89.3 cm³/mol. The maximum atomic E-state index is 5.87. The van der Waals surface area contributed by atoms with Crippen molar-refractivity contribution in [1.29, 1.82) is 0 Å². The molecule has 0 unspecified atom stereocenters. The number of benzene rings is 2. The van der Waals surface area contributed by atoms with Crippen LogP contribution in [0.25, 0.3) is 0 Å². The van der Waals surface area contributed by atoms with Gasteiger partial charge in [0.05, 0.1) is 0 Å². The first-order valence-electron chi connectivity index (χ1n) is 7.11. The van der Waals surface area contributed by atoms with Gasteiger partial charge in [0.25, 0.3) is 0 Å². The SMILES string of the molecule is Cc1cc(Oc2ccc(Cl)cc2)ccc1CNC(C)(C)C. The van der Waals surface area contributed by atoms with Crippen molar-refractivity contribution >= 4 is 11.6 Å². The molecule has 21 heavy (non-hydrogen) atoms. The number of nitrogens with one attached hydrogen (secondary N) is 1. The Bertz CT molecular complexity index is 600. The smallest absolute Gasteiger partial charge is 0.127 e. The molecule has 112 valence electrons. The quantitative estimate of drug-likeness (QED) is 0.824. The van der Waals surface area contributed by atoms with E-state index in [0.717, 1.165) is 18.0 Å². The highest BCUT2D eigenvalue weighted by atomic mass is 35.5. The standard InChI is InChI=1S/C18H22ClNO/c1-13-11-17(21-16-9-6-15(19)7-10-16)8-5-14(13)12-20-18(2,3)4/h5-11,20H,12H2,1-4H3. The van der Waals surface area contributed by atoms with E-state index in [4.69, 9.17) is 16.3 Å². The molecule has 0 bridgehead atoms. The maximum Gasteiger partial charge on any atom is 0.127 e. The average Bonchev–Trinajstić information content (AvgIpc) is 2.39. The molecule has 0 amide bonds. The van der Waals surface area contributed by atoms with Crippen LogP contribution < -0.4 is 10.1 Å². The summed E-state index contributed by atoms with van der Waals surface area (Å²) in [6.07, 6.45) is 0. The lowest BCUT2D eigenvalue weighted by Gasteiger charge is -2.21. The molecule has 0 fully saturated rings. The summed E-state index contributed by atoms with van der Waals surface area (Å²) in [5, 5.41) is 4.21. The molecule has 0 aliphatic rings. The Morgan fingerprint density at radius 2 is 1.62 bits per heavy atom. The molecule has 0 saturated carbocycles. The zero-order valence-electron chi connectivity index (χ0n) is 13.0. The summed E-state index contributed by atoms with van der Waals surface area (Å²) >= 11 is 5.87. The van der Waals surface area contributed by atoms with Crippen molar-refractivity contribution in [3.8, 4) is 11.5 Å². The highest BCUT2D eigenvalue weighted by Gasteiger charge is 2.10. The molecule has 2 nitrogen and oxygen atoms in total. The largest absolute Gasteiger partial charge is 0.457 e. The van der Waals surface area contributed by atoms with Gasteiger partial charge in [-0.25, -0.2) is 0 Å². The van der Waals surface area contributed by atoms with E-state index in [1.807, 2.05) is 30.3 Å². The van der Waals surface area contributed by atoms with Crippen LogP contribution in [0.3, 0.4) is 0 Å². The maximum absolute atomic E-state index is 5.87. The van der Waals surface area contributed by atoms with Crippen LogP contribution in [0.1, 0.15) is 31.9 Å². The van der Waals surface area contributed by atoms with E-state index in [0.29, 0.717) is 5.02 Å². The van der Waals surface area contributed by atoms with Crippen LogP contribution in [-0.2, 0) is 6.54 Å². The molecular weight excluding hydrogens is 282 g/mol. The fraction of sp³-hybridized carbons (Fsp3) is 0.333. The van der Waals surface area contributed by atoms with Gasteiger partial charge >= 0.3 is 0 Å². The van der Waals surface area contributed by atoms with Gasteiger partial charge in [-0.15, -0.1) is 0 Å². The van der Waals surface area contributed by atoms with Gasteiger partial charge in [0, 0.05) is 17.1 Å². The van der Waals surface area contributed by atoms with E-state index in [9.17, 15) is 0 Å². The zero-order valence-corrected chi connectivity index (χ0v) is 13.8. The molecule has 0 aliphatic heterocycles. The molecule has 2 aromatic carbocycles. The van der Waals surface area contributed by atoms with Crippen molar-refractivity contribution in [2.24, 2.45) is 0 Å². The van der Waals surface area contributed by atoms with Crippen molar-refractivity contribution in [3.63, 3.8) is 0 Å². The van der Waals surface area contributed by atoms with Crippen LogP contribution in [0, 0.1) is 6.92 Å². The van der Waals surface area contributed by atoms with Gasteiger partial charge in [-0.1, -0.05) is 17.7 Å². The number of ether oxygens (including phenoxy) is 1. The third-order valence-corrected chi connectivity index (χ3v) is 3.42. The molecule has 0 aromatic heterocycles. The van der Waals surface area contributed by atoms with E-state index in [1.165, 1.54) is 11.1 Å². The van der Waals surface area contributed by atoms with E-state index in [-0.39, 0.29) is 5.54 Å². The molecule has 0 spiro atoms. The highest BCUT2D eigenvalue weighted by Crippen LogP contribution is 2.25. The first-order chi connectivity index (χ1) is 9.83. The van der Waals surface area contributed by atoms with Crippen molar-refractivity contribution < 1.29 is 4.74 Å². The van der Waals surface area contributed by atoms with Crippen molar-refractivity contribution in [1.82, 2.24) is 5.32 Å². The minimum atomic E-state index is 0.116. The summed E-state index contributed by atoms with van der Waals surface area (Å²) < 4.78 is 5.84. The molecule has 0 aliphatic carbocycles. The number of hydrogen-bond acceptors (Lipinski definition) is 2. The average molecular weight is 304 g/mol. The second kappa shape index (κ2) is 6.50. The third kappa shape index (κ3) is 5.07. The molecule has 0 saturated heterocycles. The number of aryl methyl sites for hydroxylation is 1. The summed E-state index contributed by atoms with van der Waals surface area (Å²) in [6, 6.07) is 13.6. The summed E-state index contributed by atoms with van der Waals surface area (Å²) in [5.41, 5.74) is 2.62. The third-order valence-electron chi connectivity index (χ3n) is 3.17. The normalized spacial score (nSPS) is 11.5. The summed E-state index contributed by atoms with van der Waals surface area (Å²) in [7, 11) is 0. The summed E-state index contributed by atoms with van der Waals surface area (Å²) in [6.45, 7) is 9.46. The minimum Gasteiger partial charge on any atom is -0.457 e. The molecule has 2 aromatic rings. The van der Waals surface area contributed by atoms with E-state index < -0.39 is 0 Å². The monoisotopic (exact) mass is 303 g/mol. The molecule has 0 atom stereocenters. The Morgan fingerprint density at radius 3 is 2.19 bits per heavy atom. The van der Waals surface area contributed by atoms with Crippen molar-refractivity contribution in [2.45, 2.75) is 39.8 Å². The van der Waals surface area contributed by atoms with Crippen LogP contribution in [0.15, 0.2) is 42.5 Å². The molecule has 2 rings (SSSR count). The molecular formula is C18H22ClNO.